The highest BCUT2D eigenvalue weighted by atomic mass is 16.5. The number of rotatable bonds is 7. The third-order valence-electron chi connectivity index (χ3n) is 2.56. The number of carbonyl (C=O) groups excluding carboxylic acids is 1. The van der Waals surface area contributed by atoms with Gasteiger partial charge < -0.3 is 9.64 Å². The lowest BCUT2D eigenvalue weighted by atomic mass is 10.1. The van der Waals surface area contributed by atoms with Gasteiger partial charge in [-0.25, -0.2) is 0 Å². The smallest absolute Gasteiger partial charge is 0.152 e. The van der Waals surface area contributed by atoms with Crippen molar-refractivity contribution in [2.45, 2.75) is 13.8 Å². The van der Waals surface area contributed by atoms with Crippen molar-refractivity contribution < 1.29 is 9.53 Å². The number of carbonyl (C=O) groups is 1. The van der Waals surface area contributed by atoms with Gasteiger partial charge in [0.2, 0.25) is 0 Å². The molecule has 0 bridgehead atoms. The van der Waals surface area contributed by atoms with E-state index in [0.717, 1.165) is 30.6 Å². The maximum atomic E-state index is 11.0. The molecule has 0 aliphatic carbocycles. The predicted octanol–water partition coefficient (Wildman–Crippen LogP) is 2.61. The van der Waals surface area contributed by atoms with Crippen LogP contribution in [0, 0.1) is 5.92 Å². The summed E-state index contributed by atoms with van der Waals surface area (Å²) in [7, 11) is 1.69. The average Bonchev–Trinajstić information content (AvgIpc) is 2.34. The van der Waals surface area contributed by atoms with Crippen LogP contribution in [0.15, 0.2) is 24.3 Å². The largest absolute Gasteiger partial charge is 0.383 e. The SMILES string of the molecule is COCCN(CC(C)C)c1ccccc1C=O. The van der Waals surface area contributed by atoms with Gasteiger partial charge in [0.15, 0.2) is 6.29 Å². The molecular weight excluding hydrogens is 214 g/mol. The van der Waals surface area contributed by atoms with Gasteiger partial charge >= 0.3 is 0 Å². The van der Waals surface area contributed by atoms with E-state index >= 15 is 0 Å². The standard InChI is InChI=1S/C14H21NO2/c1-12(2)10-15(8-9-17-3)14-7-5-4-6-13(14)11-16/h4-7,11-12H,8-10H2,1-3H3. The van der Waals surface area contributed by atoms with Crippen LogP contribution in [0.1, 0.15) is 24.2 Å². The summed E-state index contributed by atoms with van der Waals surface area (Å²) >= 11 is 0. The first kappa shape index (κ1) is 13.7. The number of benzene rings is 1. The molecule has 17 heavy (non-hydrogen) atoms. The van der Waals surface area contributed by atoms with Gasteiger partial charge in [-0.3, -0.25) is 4.79 Å². The molecule has 0 aliphatic heterocycles. The van der Waals surface area contributed by atoms with Crippen LogP contribution in [0.2, 0.25) is 0 Å². The fraction of sp³-hybridized carbons (Fsp3) is 0.500. The number of hydrogen-bond acceptors (Lipinski definition) is 3. The summed E-state index contributed by atoms with van der Waals surface area (Å²) in [6.45, 7) is 6.74. The molecule has 0 fully saturated rings. The van der Waals surface area contributed by atoms with E-state index in [-0.39, 0.29) is 0 Å². The zero-order chi connectivity index (χ0) is 12.7. The van der Waals surface area contributed by atoms with Gasteiger partial charge in [0.25, 0.3) is 0 Å². The molecule has 94 valence electrons. The van der Waals surface area contributed by atoms with Crippen molar-refractivity contribution in [3.8, 4) is 0 Å². The fourth-order valence-electron chi connectivity index (χ4n) is 1.83. The van der Waals surface area contributed by atoms with Crippen LogP contribution in [-0.2, 0) is 4.74 Å². The monoisotopic (exact) mass is 235 g/mol. The number of para-hydroxylation sites is 1. The normalized spacial score (nSPS) is 10.6. The van der Waals surface area contributed by atoms with Crippen LogP contribution in [0.4, 0.5) is 5.69 Å². The summed E-state index contributed by atoms with van der Waals surface area (Å²) in [5.74, 6) is 0.548. The molecule has 0 spiro atoms. The van der Waals surface area contributed by atoms with Crippen LogP contribution in [-0.4, -0.2) is 33.1 Å². The topological polar surface area (TPSA) is 29.5 Å². The first-order valence-electron chi connectivity index (χ1n) is 5.97. The summed E-state index contributed by atoms with van der Waals surface area (Å²) in [6, 6.07) is 7.68. The predicted molar refractivity (Wildman–Crippen MR) is 70.8 cm³/mol. The Kier molecular flexibility index (Phi) is 5.70. The molecule has 0 saturated heterocycles. The lowest BCUT2D eigenvalue weighted by Gasteiger charge is -2.27. The van der Waals surface area contributed by atoms with E-state index in [9.17, 15) is 4.79 Å². The molecule has 0 N–H and O–H groups in total. The highest BCUT2D eigenvalue weighted by Gasteiger charge is 2.11. The highest BCUT2D eigenvalue weighted by molar-refractivity contribution is 5.84. The lowest BCUT2D eigenvalue weighted by Crippen LogP contribution is -2.31. The van der Waals surface area contributed by atoms with Gasteiger partial charge in [0.1, 0.15) is 0 Å². The molecule has 0 amide bonds. The van der Waals surface area contributed by atoms with E-state index in [1.54, 1.807) is 7.11 Å². The van der Waals surface area contributed by atoms with Crippen molar-refractivity contribution in [3.63, 3.8) is 0 Å². The van der Waals surface area contributed by atoms with E-state index in [1.807, 2.05) is 24.3 Å². The number of anilines is 1. The van der Waals surface area contributed by atoms with E-state index < -0.39 is 0 Å². The van der Waals surface area contributed by atoms with Crippen LogP contribution in [0.25, 0.3) is 0 Å². The molecule has 0 aromatic heterocycles. The second-order valence-corrected chi connectivity index (χ2v) is 4.51. The van der Waals surface area contributed by atoms with E-state index in [2.05, 4.69) is 18.7 Å². The minimum atomic E-state index is 0.548. The third kappa shape index (κ3) is 4.19. The molecule has 0 unspecified atom stereocenters. The maximum absolute atomic E-state index is 11.0. The van der Waals surface area contributed by atoms with Crippen LogP contribution >= 0.6 is 0 Å². The Labute approximate surface area is 103 Å². The Morgan fingerprint density at radius 1 is 1.35 bits per heavy atom. The van der Waals surface area contributed by atoms with E-state index in [4.69, 9.17) is 4.74 Å². The van der Waals surface area contributed by atoms with Crippen LogP contribution < -0.4 is 4.90 Å². The lowest BCUT2D eigenvalue weighted by molar-refractivity contribution is 0.112. The zero-order valence-corrected chi connectivity index (χ0v) is 10.8. The number of hydrogen-bond donors (Lipinski definition) is 0. The Morgan fingerprint density at radius 2 is 2.06 bits per heavy atom. The van der Waals surface area contributed by atoms with Gasteiger partial charge in [-0.15, -0.1) is 0 Å². The van der Waals surface area contributed by atoms with Crippen molar-refractivity contribution in [3.05, 3.63) is 29.8 Å². The number of methoxy groups -OCH3 is 1. The number of aldehydes is 1. The molecule has 1 aromatic rings. The van der Waals surface area contributed by atoms with Crippen molar-refractivity contribution in [2.24, 2.45) is 5.92 Å². The maximum Gasteiger partial charge on any atom is 0.152 e. The number of ether oxygens (including phenoxy) is 1. The zero-order valence-electron chi connectivity index (χ0n) is 10.8. The minimum Gasteiger partial charge on any atom is -0.383 e. The van der Waals surface area contributed by atoms with Crippen molar-refractivity contribution in [1.82, 2.24) is 0 Å². The molecule has 1 rings (SSSR count). The molecular formula is C14H21NO2. The molecule has 1 aromatic carbocycles. The second-order valence-electron chi connectivity index (χ2n) is 4.51. The van der Waals surface area contributed by atoms with Crippen molar-refractivity contribution >= 4 is 12.0 Å². The van der Waals surface area contributed by atoms with Gasteiger partial charge in [-0.2, -0.15) is 0 Å². The summed E-state index contributed by atoms with van der Waals surface area (Å²) in [5.41, 5.74) is 1.73. The Morgan fingerprint density at radius 3 is 2.65 bits per heavy atom. The average molecular weight is 235 g/mol. The Balaban J connectivity index is 2.90. The first-order valence-corrected chi connectivity index (χ1v) is 5.97. The van der Waals surface area contributed by atoms with Crippen LogP contribution in [0.5, 0.6) is 0 Å². The first-order chi connectivity index (χ1) is 8.19. The molecule has 0 aliphatic rings. The Hall–Kier alpha value is -1.35. The number of nitrogens with zero attached hydrogens (tertiary/aromatic N) is 1. The molecule has 0 heterocycles. The third-order valence-corrected chi connectivity index (χ3v) is 2.56. The quantitative estimate of drug-likeness (QED) is 0.680. The second kappa shape index (κ2) is 7.07. The van der Waals surface area contributed by atoms with Crippen LogP contribution in [0.3, 0.4) is 0 Å². The molecule has 3 heteroatoms. The summed E-state index contributed by atoms with van der Waals surface area (Å²) in [6.07, 6.45) is 0.912. The van der Waals surface area contributed by atoms with E-state index in [1.165, 1.54) is 0 Å². The summed E-state index contributed by atoms with van der Waals surface area (Å²) in [4.78, 5) is 13.2. The van der Waals surface area contributed by atoms with E-state index in [0.29, 0.717) is 12.5 Å². The van der Waals surface area contributed by atoms with Gasteiger partial charge in [0.05, 0.1) is 6.61 Å². The molecule has 0 radical (unpaired) electrons. The van der Waals surface area contributed by atoms with Gasteiger partial charge in [0, 0.05) is 31.5 Å². The molecule has 0 atom stereocenters. The molecule has 3 nitrogen and oxygen atoms in total. The highest BCUT2D eigenvalue weighted by Crippen LogP contribution is 2.19. The minimum absolute atomic E-state index is 0.548. The Bertz CT molecular complexity index is 350. The van der Waals surface area contributed by atoms with Gasteiger partial charge in [-0.1, -0.05) is 26.0 Å². The van der Waals surface area contributed by atoms with Gasteiger partial charge in [-0.05, 0) is 18.1 Å². The van der Waals surface area contributed by atoms with Crippen molar-refractivity contribution in [1.29, 1.82) is 0 Å². The summed E-state index contributed by atoms with van der Waals surface area (Å²) < 4.78 is 5.12. The summed E-state index contributed by atoms with van der Waals surface area (Å²) in [5, 5.41) is 0. The fourth-order valence-corrected chi connectivity index (χ4v) is 1.83. The van der Waals surface area contributed by atoms with Crippen molar-refractivity contribution in [2.75, 3.05) is 31.7 Å². The molecule has 0 saturated carbocycles.